The molecule has 0 bridgehead atoms. The monoisotopic (exact) mass is 674 g/mol. The highest BCUT2D eigenvalue weighted by molar-refractivity contribution is 5.94. The van der Waals surface area contributed by atoms with Crippen LogP contribution in [-0.2, 0) is 21.7 Å². The van der Waals surface area contributed by atoms with Crippen LogP contribution in [0.4, 0.5) is 0 Å². The van der Waals surface area contributed by atoms with Crippen molar-refractivity contribution in [1.29, 1.82) is 0 Å². The topological polar surface area (TPSA) is 13.1 Å². The third-order valence-corrected chi connectivity index (χ3v) is 13.1. The van der Waals surface area contributed by atoms with Crippen molar-refractivity contribution >= 4 is 11.0 Å². The maximum absolute atomic E-state index is 6.31. The van der Waals surface area contributed by atoms with Gasteiger partial charge in [-0.3, -0.25) is 0 Å². The molecule has 3 aliphatic rings. The summed E-state index contributed by atoms with van der Waals surface area (Å²) < 4.78 is 6.31. The highest BCUT2D eigenvalue weighted by Gasteiger charge is 2.44. The Morgan fingerprint density at radius 1 is 0.404 bits per heavy atom. The molecule has 6 aromatic carbocycles. The second-order valence-corrected chi connectivity index (χ2v) is 18.3. The predicted octanol–water partition coefficient (Wildman–Crippen LogP) is 14.0. The number of hydrogen-bond donors (Lipinski definition) is 0. The molecule has 0 atom stereocenters. The lowest BCUT2D eigenvalue weighted by Crippen LogP contribution is -2.17. The summed E-state index contributed by atoms with van der Waals surface area (Å²) in [4.78, 5) is 0. The molecular formula is C51H46O. The minimum Gasteiger partial charge on any atom is -0.456 e. The van der Waals surface area contributed by atoms with Crippen molar-refractivity contribution in [2.24, 2.45) is 0 Å². The van der Waals surface area contributed by atoms with Gasteiger partial charge in [0.25, 0.3) is 0 Å². The Labute approximate surface area is 308 Å². The van der Waals surface area contributed by atoms with Crippen LogP contribution < -0.4 is 0 Å². The quantitative estimate of drug-likeness (QED) is 0.178. The van der Waals surface area contributed by atoms with Gasteiger partial charge in [-0.05, 0) is 137 Å². The van der Waals surface area contributed by atoms with Crippen LogP contribution in [0.2, 0.25) is 0 Å². The van der Waals surface area contributed by atoms with Gasteiger partial charge in [0.15, 0.2) is 0 Å². The normalized spacial score (nSPS) is 16.6. The first-order chi connectivity index (χ1) is 24.6. The van der Waals surface area contributed by atoms with Crippen LogP contribution in [-0.4, -0.2) is 0 Å². The molecule has 0 aliphatic heterocycles. The fourth-order valence-electron chi connectivity index (χ4n) is 9.81. The number of fused-ring (bicyclic) bond motifs is 10. The lowest BCUT2D eigenvalue weighted by molar-refractivity contribution is 0.590. The fourth-order valence-corrected chi connectivity index (χ4v) is 9.81. The van der Waals surface area contributed by atoms with E-state index in [-0.39, 0.29) is 21.7 Å². The van der Waals surface area contributed by atoms with Gasteiger partial charge in [-0.15, -0.1) is 0 Å². The van der Waals surface area contributed by atoms with Crippen LogP contribution in [0.1, 0.15) is 101 Å². The molecule has 0 N–H and O–H groups in total. The number of benzene rings is 6. The van der Waals surface area contributed by atoms with E-state index >= 15 is 0 Å². The second kappa shape index (κ2) is 10.0. The maximum Gasteiger partial charge on any atom is 0.135 e. The summed E-state index contributed by atoms with van der Waals surface area (Å²) in [6.45, 7) is 21.3. The van der Waals surface area contributed by atoms with Gasteiger partial charge in [-0.1, -0.05) is 129 Å². The molecule has 0 saturated heterocycles. The Morgan fingerprint density at radius 3 is 1.33 bits per heavy atom. The molecule has 1 heterocycles. The Bertz CT molecular complexity index is 2630. The van der Waals surface area contributed by atoms with E-state index in [2.05, 4.69) is 165 Å². The Hall–Kier alpha value is -5.14. The molecule has 1 nitrogen and oxygen atoms in total. The molecular weight excluding hydrogens is 629 g/mol. The SMILES string of the molecule is CC(C)(C)c1ccc(-c2ccc3c(c2)C(C)(C)c2cc4c(cc2-3)C(C)(C)c2cc3c(cc2-4)C(C)(C)c2cc(-c4cc5ccccc5o4)ccc2-3)cc1. The van der Waals surface area contributed by atoms with Crippen LogP contribution >= 0.6 is 0 Å². The Morgan fingerprint density at radius 2 is 0.827 bits per heavy atom. The molecule has 0 radical (unpaired) electrons. The molecule has 7 aromatic rings. The lowest BCUT2D eigenvalue weighted by Gasteiger charge is -2.25. The highest BCUT2D eigenvalue weighted by Crippen LogP contribution is 2.59. The molecule has 10 rings (SSSR count). The first kappa shape index (κ1) is 31.6. The third kappa shape index (κ3) is 4.17. The zero-order chi connectivity index (χ0) is 36.1. The largest absolute Gasteiger partial charge is 0.456 e. The molecule has 0 saturated carbocycles. The summed E-state index contributed by atoms with van der Waals surface area (Å²) >= 11 is 0. The molecule has 0 amide bonds. The first-order valence-corrected chi connectivity index (χ1v) is 18.9. The predicted molar refractivity (Wildman–Crippen MR) is 218 cm³/mol. The van der Waals surface area contributed by atoms with Crippen LogP contribution in [0.3, 0.4) is 0 Å². The average Bonchev–Trinajstić information content (AvgIpc) is 3.78. The molecule has 1 heteroatoms. The number of hydrogen-bond acceptors (Lipinski definition) is 1. The van der Waals surface area contributed by atoms with Gasteiger partial charge in [0.05, 0.1) is 0 Å². The van der Waals surface area contributed by atoms with Crippen molar-refractivity contribution < 1.29 is 4.42 Å². The number of rotatable bonds is 2. The molecule has 1 aromatic heterocycles. The van der Waals surface area contributed by atoms with Gasteiger partial charge >= 0.3 is 0 Å². The van der Waals surface area contributed by atoms with Crippen LogP contribution in [0, 0.1) is 0 Å². The Balaban J connectivity index is 1.06. The van der Waals surface area contributed by atoms with Gasteiger partial charge < -0.3 is 4.42 Å². The summed E-state index contributed by atoms with van der Waals surface area (Å²) in [5.41, 5.74) is 22.6. The van der Waals surface area contributed by atoms with E-state index in [9.17, 15) is 0 Å². The van der Waals surface area contributed by atoms with Crippen molar-refractivity contribution in [2.75, 3.05) is 0 Å². The van der Waals surface area contributed by atoms with Crippen molar-refractivity contribution in [3.05, 3.63) is 154 Å². The zero-order valence-corrected chi connectivity index (χ0v) is 31.9. The summed E-state index contributed by atoms with van der Waals surface area (Å²) in [6.07, 6.45) is 0. The lowest BCUT2D eigenvalue weighted by atomic mass is 9.78. The first-order valence-electron chi connectivity index (χ1n) is 18.9. The van der Waals surface area contributed by atoms with Crippen LogP contribution in [0.5, 0.6) is 0 Å². The van der Waals surface area contributed by atoms with E-state index in [1.807, 2.05) is 12.1 Å². The standard InChI is InChI=1S/C51H46O/c1-48(2,3)33-18-14-29(15-19-33)30-16-20-34-36-25-44-38(27-42(36)49(4,5)40(34)22-30)39-28-43-37(26-45(39)51(44,8)9)35-21-17-32(23-41(35)50(43,6)7)47-24-31-12-10-11-13-46(31)52-47/h10-28H,1-9H3. The number of furan rings is 1. The van der Waals surface area contributed by atoms with Gasteiger partial charge in [0, 0.05) is 27.2 Å². The average molecular weight is 675 g/mol. The van der Waals surface area contributed by atoms with Gasteiger partial charge in [-0.25, -0.2) is 0 Å². The van der Waals surface area contributed by atoms with Gasteiger partial charge in [-0.2, -0.15) is 0 Å². The van der Waals surface area contributed by atoms with E-state index < -0.39 is 0 Å². The summed E-state index contributed by atoms with van der Waals surface area (Å²) in [7, 11) is 0. The summed E-state index contributed by atoms with van der Waals surface area (Å²) in [5.74, 6) is 0.927. The highest BCUT2D eigenvalue weighted by atomic mass is 16.3. The molecule has 0 fully saturated rings. The third-order valence-electron chi connectivity index (χ3n) is 13.1. The molecule has 52 heavy (non-hydrogen) atoms. The van der Waals surface area contributed by atoms with E-state index in [0.717, 1.165) is 22.3 Å². The molecule has 0 spiro atoms. The van der Waals surface area contributed by atoms with E-state index in [0.29, 0.717) is 0 Å². The molecule has 3 aliphatic carbocycles. The van der Waals surface area contributed by atoms with E-state index in [1.54, 1.807) is 0 Å². The minimum absolute atomic E-state index is 0.104. The zero-order valence-electron chi connectivity index (χ0n) is 31.9. The maximum atomic E-state index is 6.31. The van der Waals surface area contributed by atoms with E-state index in [1.165, 1.54) is 83.5 Å². The van der Waals surface area contributed by atoms with Crippen LogP contribution in [0.25, 0.3) is 66.8 Å². The van der Waals surface area contributed by atoms with Crippen molar-refractivity contribution in [3.63, 3.8) is 0 Å². The summed E-state index contributed by atoms with van der Waals surface area (Å²) in [5, 5.41) is 1.14. The second-order valence-electron chi connectivity index (χ2n) is 18.3. The molecule has 0 unspecified atom stereocenters. The number of para-hydroxylation sites is 1. The van der Waals surface area contributed by atoms with E-state index in [4.69, 9.17) is 4.42 Å². The smallest absolute Gasteiger partial charge is 0.135 e. The van der Waals surface area contributed by atoms with Crippen molar-refractivity contribution in [3.8, 4) is 55.8 Å². The summed E-state index contributed by atoms with van der Waals surface area (Å²) in [6, 6.07) is 43.9. The molecule has 256 valence electrons. The van der Waals surface area contributed by atoms with Crippen LogP contribution in [0.15, 0.2) is 120 Å². The van der Waals surface area contributed by atoms with Gasteiger partial charge in [0.1, 0.15) is 11.3 Å². The Kier molecular flexibility index (Phi) is 6.10. The van der Waals surface area contributed by atoms with Crippen molar-refractivity contribution in [2.45, 2.75) is 84.0 Å². The fraction of sp³-hybridized carbons (Fsp3) is 0.255. The van der Waals surface area contributed by atoms with Gasteiger partial charge in [0.2, 0.25) is 0 Å². The minimum atomic E-state index is -0.137. The van der Waals surface area contributed by atoms with Crippen molar-refractivity contribution in [1.82, 2.24) is 0 Å².